The molecule has 2 aromatic rings. The maximum Gasteiger partial charge on any atom is 0.407 e. The Morgan fingerprint density at radius 1 is 1.26 bits per heavy atom. The van der Waals surface area contributed by atoms with E-state index in [0.717, 1.165) is 24.9 Å². The van der Waals surface area contributed by atoms with Gasteiger partial charge < -0.3 is 19.9 Å². The summed E-state index contributed by atoms with van der Waals surface area (Å²) >= 11 is 0. The Kier molecular flexibility index (Phi) is 6.16. The van der Waals surface area contributed by atoms with Crippen LogP contribution in [-0.4, -0.2) is 33.8 Å². The van der Waals surface area contributed by atoms with Gasteiger partial charge in [-0.25, -0.2) is 9.78 Å². The number of amides is 1. The highest BCUT2D eigenvalue weighted by Crippen LogP contribution is 2.26. The minimum Gasteiger partial charge on any atom is -0.445 e. The Balaban J connectivity index is 1.39. The van der Waals surface area contributed by atoms with Gasteiger partial charge in [-0.2, -0.15) is 0 Å². The van der Waals surface area contributed by atoms with E-state index in [1.54, 1.807) is 0 Å². The van der Waals surface area contributed by atoms with E-state index in [2.05, 4.69) is 41.0 Å². The predicted octanol–water partition coefficient (Wildman–Crippen LogP) is 3.34. The third-order valence-electron chi connectivity index (χ3n) is 5.11. The molecule has 1 aliphatic carbocycles. The summed E-state index contributed by atoms with van der Waals surface area (Å²) in [5.74, 6) is 0. The van der Waals surface area contributed by atoms with Crippen LogP contribution >= 0.6 is 0 Å². The molecule has 1 heterocycles. The standard InChI is InChI=1S/C21H30N4O2/c1-21(2,3)19(13-25-10-9-22-15-25)23-17-11-18(12-17)24-20(26)27-14-16-7-5-4-6-8-16/h4-10,15,17-19,23H,11-14H2,1-3H3,(H,24,26). The van der Waals surface area contributed by atoms with Crippen LogP contribution in [0.5, 0.6) is 0 Å². The van der Waals surface area contributed by atoms with Crippen LogP contribution in [-0.2, 0) is 17.9 Å². The number of hydrogen-bond donors (Lipinski definition) is 2. The van der Waals surface area contributed by atoms with Gasteiger partial charge in [-0.15, -0.1) is 0 Å². The molecule has 0 saturated heterocycles. The van der Waals surface area contributed by atoms with Gasteiger partial charge in [0.1, 0.15) is 6.61 Å². The van der Waals surface area contributed by atoms with Gasteiger partial charge in [0.15, 0.2) is 0 Å². The van der Waals surface area contributed by atoms with Crippen LogP contribution in [0.25, 0.3) is 0 Å². The smallest absolute Gasteiger partial charge is 0.407 e. The lowest BCUT2D eigenvalue weighted by atomic mass is 9.81. The molecule has 1 fully saturated rings. The molecule has 1 unspecified atom stereocenters. The minimum atomic E-state index is -0.340. The fourth-order valence-corrected chi connectivity index (χ4v) is 3.27. The van der Waals surface area contributed by atoms with Crippen LogP contribution in [0, 0.1) is 5.41 Å². The van der Waals surface area contributed by atoms with Crippen molar-refractivity contribution in [3.05, 3.63) is 54.6 Å². The number of nitrogens with one attached hydrogen (secondary N) is 2. The molecule has 1 aliphatic rings. The van der Waals surface area contributed by atoms with E-state index in [1.807, 2.05) is 49.1 Å². The van der Waals surface area contributed by atoms with Crippen molar-refractivity contribution in [2.75, 3.05) is 0 Å². The molecule has 0 aliphatic heterocycles. The lowest BCUT2D eigenvalue weighted by Crippen LogP contribution is -2.57. The van der Waals surface area contributed by atoms with Crippen molar-refractivity contribution in [2.45, 2.75) is 64.9 Å². The molecule has 27 heavy (non-hydrogen) atoms. The number of aromatic nitrogens is 2. The van der Waals surface area contributed by atoms with Crippen LogP contribution in [0.2, 0.25) is 0 Å². The Morgan fingerprint density at radius 3 is 2.63 bits per heavy atom. The third-order valence-corrected chi connectivity index (χ3v) is 5.11. The fourth-order valence-electron chi connectivity index (χ4n) is 3.27. The maximum absolute atomic E-state index is 12.0. The van der Waals surface area contributed by atoms with Crippen LogP contribution in [0.1, 0.15) is 39.2 Å². The van der Waals surface area contributed by atoms with Crippen LogP contribution in [0.15, 0.2) is 49.1 Å². The summed E-state index contributed by atoms with van der Waals surface area (Å²) < 4.78 is 7.40. The van der Waals surface area contributed by atoms with Gasteiger partial charge in [0.25, 0.3) is 0 Å². The summed E-state index contributed by atoms with van der Waals surface area (Å²) in [5.41, 5.74) is 1.13. The predicted molar refractivity (Wildman–Crippen MR) is 105 cm³/mol. The number of alkyl carbamates (subject to hydrolysis) is 1. The van der Waals surface area contributed by atoms with Gasteiger partial charge in [0.05, 0.1) is 6.33 Å². The molecule has 1 aromatic heterocycles. The Labute approximate surface area is 161 Å². The zero-order valence-electron chi connectivity index (χ0n) is 16.4. The average Bonchev–Trinajstić information content (AvgIpc) is 3.10. The van der Waals surface area contributed by atoms with Gasteiger partial charge in [-0.05, 0) is 23.8 Å². The summed E-state index contributed by atoms with van der Waals surface area (Å²) in [6, 6.07) is 10.7. The normalized spacial score (nSPS) is 20.6. The molecule has 1 aromatic carbocycles. The second-order valence-corrected chi connectivity index (χ2v) is 8.42. The molecule has 1 saturated carbocycles. The van der Waals surface area contributed by atoms with E-state index in [0.29, 0.717) is 18.7 Å². The fraction of sp³-hybridized carbons (Fsp3) is 0.524. The van der Waals surface area contributed by atoms with Crippen LogP contribution in [0.4, 0.5) is 4.79 Å². The molecule has 1 atom stereocenters. The molecule has 1 amide bonds. The number of benzene rings is 1. The maximum atomic E-state index is 12.0. The van der Waals surface area contributed by atoms with Crippen molar-refractivity contribution in [2.24, 2.45) is 5.41 Å². The van der Waals surface area contributed by atoms with Gasteiger partial charge >= 0.3 is 6.09 Å². The lowest BCUT2D eigenvalue weighted by Gasteiger charge is -2.42. The van der Waals surface area contributed by atoms with Crippen molar-refractivity contribution >= 4 is 6.09 Å². The zero-order chi connectivity index (χ0) is 19.3. The Morgan fingerprint density at radius 2 is 2.00 bits per heavy atom. The van der Waals surface area contributed by atoms with E-state index in [9.17, 15) is 4.79 Å². The van der Waals surface area contributed by atoms with Crippen molar-refractivity contribution in [1.29, 1.82) is 0 Å². The first kappa shape index (κ1) is 19.4. The first-order valence-corrected chi connectivity index (χ1v) is 9.59. The first-order chi connectivity index (χ1) is 12.9. The van der Waals surface area contributed by atoms with Crippen LogP contribution < -0.4 is 10.6 Å². The van der Waals surface area contributed by atoms with Gasteiger partial charge in [-0.1, -0.05) is 51.1 Å². The highest BCUT2D eigenvalue weighted by molar-refractivity contribution is 5.67. The number of imidazole rings is 1. The van der Waals surface area contributed by atoms with Crippen molar-refractivity contribution in [1.82, 2.24) is 20.2 Å². The molecular formula is C21H30N4O2. The number of nitrogens with zero attached hydrogens (tertiary/aromatic N) is 2. The monoisotopic (exact) mass is 370 g/mol. The molecule has 0 radical (unpaired) electrons. The van der Waals surface area contributed by atoms with Gasteiger partial charge in [0.2, 0.25) is 0 Å². The second-order valence-electron chi connectivity index (χ2n) is 8.42. The quantitative estimate of drug-likeness (QED) is 0.784. The van der Waals surface area contributed by atoms with E-state index in [4.69, 9.17) is 4.74 Å². The number of ether oxygens (including phenoxy) is 1. The highest BCUT2D eigenvalue weighted by Gasteiger charge is 2.35. The van der Waals surface area contributed by atoms with Crippen molar-refractivity contribution in [3.8, 4) is 0 Å². The molecule has 0 spiro atoms. The SMILES string of the molecule is CC(C)(C)C(Cn1ccnc1)NC1CC(NC(=O)OCc2ccccc2)C1. The van der Waals surface area contributed by atoms with E-state index in [-0.39, 0.29) is 17.6 Å². The largest absolute Gasteiger partial charge is 0.445 e. The molecule has 6 heteroatoms. The summed E-state index contributed by atoms with van der Waals surface area (Å²) in [5, 5.41) is 6.71. The zero-order valence-corrected chi connectivity index (χ0v) is 16.4. The molecular weight excluding hydrogens is 340 g/mol. The van der Waals surface area contributed by atoms with Crippen molar-refractivity contribution < 1.29 is 9.53 Å². The number of rotatable bonds is 7. The Bertz CT molecular complexity index is 704. The molecule has 2 N–H and O–H groups in total. The molecule has 146 valence electrons. The summed E-state index contributed by atoms with van der Waals surface area (Å²) in [7, 11) is 0. The summed E-state index contributed by atoms with van der Waals surface area (Å²) in [6.07, 6.45) is 7.17. The van der Waals surface area contributed by atoms with Gasteiger partial charge in [0, 0.05) is 37.1 Å². The first-order valence-electron chi connectivity index (χ1n) is 9.59. The number of carbonyl (C=O) groups is 1. The number of carbonyl (C=O) groups excluding carboxylic acids is 1. The van der Waals surface area contributed by atoms with E-state index < -0.39 is 0 Å². The molecule has 0 bridgehead atoms. The Hall–Kier alpha value is -2.34. The number of hydrogen-bond acceptors (Lipinski definition) is 4. The van der Waals surface area contributed by atoms with E-state index >= 15 is 0 Å². The summed E-state index contributed by atoms with van der Waals surface area (Å²) in [6.45, 7) is 7.93. The van der Waals surface area contributed by atoms with Crippen molar-refractivity contribution in [3.63, 3.8) is 0 Å². The minimum absolute atomic E-state index is 0.136. The average molecular weight is 370 g/mol. The molecule has 6 nitrogen and oxygen atoms in total. The van der Waals surface area contributed by atoms with Gasteiger partial charge in [-0.3, -0.25) is 0 Å². The topological polar surface area (TPSA) is 68.2 Å². The highest BCUT2D eigenvalue weighted by atomic mass is 16.5. The lowest BCUT2D eigenvalue weighted by molar-refractivity contribution is 0.118. The summed E-state index contributed by atoms with van der Waals surface area (Å²) in [4.78, 5) is 16.1. The molecule has 3 rings (SSSR count). The second kappa shape index (κ2) is 8.57. The third kappa shape index (κ3) is 5.82. The van der Waals surface area contributed by atoms with Crippen LogP contribution in [0.3, 0.4) is 0 Å². The van der Waals surface area contributed by atoms with E-state index in [1.165, 1.54) is 0 Å².